The fraction of sp³-hybridized carbons (Fsp3) is 0.294. The number of rotatable bonds is 6. The van der Waals surface area contributed by atoms with Crippen LogP contribution in [0.15, 0.2) is 35.1 Å². The van der Waals surface area contributed by atoms with Crippen LogP contribution in [0, 0.1) is 0 Å². The first-order chi connectivity index (χ1) is 12.1. The summed E-state index contributed by atoms with van der Waals surface area (Å²) >= 11 is 0. The molecule has 25 heavy (non-hydrogen) atoms. The van der Waals surface area contributed by atoms with E-state index in [0.29, 0.717) is 0 Å². The van der Waals surface area contributed by atoms with Crippen molar-refractivity contribution in [1.29, 1.82) is 0 Å². The lowest BCUT2D eigenvalue weighted by Gasteiger charge is -2.11. The minimum absolute atomic E-state index is 0.0462. The molecule has 130 valence electrons. The Morgan fingerprint density at radius 3 is 2.72 bits per heavy atom. The van der Waals surface area contributed by atoms with Crippen LogP contribution >= 0.6 is 0 Å². The van der Waals surface area contributed by atoms with E-state index in [1.807, 2.05) is 30.3 Å². The molecule has 0 saturated heterocycles. The van der Waals surface area contributed by atoms with Gasteiger partial charge in [0.05, 0.1) is 25.4 Å². The number of hydrogen-bond donors (Lipinski definition) is 1. The maximum absolute atomic E-state index is 12.6. The molecule has 1 aromatic heterocycles. The van der Waals surface area contributed by atoms with Crippen molar-refractivity contribution in [1.82, 2.24) is 9.55 Å². The third-order valence-corrected chi connectivity index (χ3v) is 3.64. The van der Waals surface area contributed by atoms with E-state index in [9.17, 15) is 14.4 Å². The smallest absolute Gasteiger partial charge is 0.357 e. The first kappa shape index (κ1) is 16.8. The van der Waals surface area contributed by atoms with Crippen molar-refractivity contribution in [2.75, 3.05) is 11.9 Å². The predicted molar refractivity (Wildman–Crippen MR) is 88.0 cm³/mol. The maximum atomic E-state index is 12.6. The van der Waals surface area contributed by atoms with Gasteiger partial charge in [0.25, 0.3) is 5.56 Å². The van der Waals surface area contributed by atoms with E-state index in [1.165, 1.54) is 4.57 Å². The molecule has 1 aliphatic heterocycles. The van der Waals surface area contributed by atoms with Gasteiger partial charge in [0, 0.05) is 0 Å². The minimum Gasteiger partial charge on any atom is -0.461 e. The number of carbonyl (C=O) groups excluding carboxylic acids is 2. The number of esters is 1. The number of ether oxygens (including phenoxy) is 2. The average molecular weight is 343 g/mol. The molecule has 0 spiro atoms. The molecule has 0 saturated carbocycles. The zero-order valence-electron chi connectivity index (χ0n) is 13.7. The number of carbonyl (C=O) groups is 2. The van der Waals surface area contributed by atoms with E-state index in [0.717, 1.165) is 5.56 Å². The highest BCUT2D eigenvalue weighted by Gasteiger charge is 2.27. The van der Waals surface area contributed by atoms with Gasteiger partial charge in [-0.3, -0.25) is 19.5 Å². The summed E-state index contributed by atoms with van der Waals surface area (Å²) in [5, 5.41) is 2.45. The number of hydrogen-bond acceptors (Lipinski definition) is 6. The molecule has 1 N–H and O–H groups in total. The van der Waals surface area contributed by atoms with Crippen LogP contribution in [0.2, 0.25) is 0 Å². The summed E-state index contributed by atoms with van der Waals surface area (Å²) in [5.74, 6) is -1.03. The Balaban J connectivity index is 1.88. The SMILES string of the molecule is CCOC(=O)c1nc2n(c(=O)c1COCc1ccccc1)CC(=O)N2. The van der Waals surface area contributed by atoms with Gasteiger partial charge in [-0.1, -0.05) is 30.3 Å². The Kier molecular flexibility index (Phi) is 4.90. The fourth-order valence-electron chi connectivity index (χ4n) is 2.49. The Morgan fingerprint density at radius 2 is 2.00 bits per heavy atom. The molecule has 2 aromatic rings. The fourth-order valence-corrected chi connectivity index (χ4v) is 2.49. The molecule has 0 aliphatic carbocycles. The van der Waals surface area contributed by atoms with E-state index in [4.69, 9.17) is 9.47 Å². The van der Waals surface area contributed by atoms with Gasteiger partial charge in [0.1, 0.15) is 6.54 Å². The largest absolute Gasteiger partial charge is 0.461 e. The Morgan fingerprint density at radius 1 is 1.24 bits per heavy atom. The molecule has 3 rings (SSSR count). The predicted octanol–water partition coefficient (Wildman–Crippen LogP) is 1.09. The average Bonchev–Trinajstić information content (AvgIpc) is 2.98. The van der Waals surface area contributed by atoms with E-state index in [2.05, 4.69) is 10.3 Å². The van der Waals surface area contributed by atoms with Crippen LogP contribution < -0.4 is 10.9 Å². The maximum Gasteiger partial charge on any atom is 0.357 e. The van der Waals surface area contributed by atoms with Crippen molar-refractivity contribution in [3.63, 3.8) is 0 Å². The first-order valence-electron chi connectivity index (χ1n) is 7.82. The molecule has 0 unspecified atom stereocenters. The standard InChI is InChI=1S/C17H17N3O5/c1-2-25-16(23)14-12(10-24-9-11-6-4-3-5-7-11)15(22)20-8-13(21)18-17(20)19-14/h3-7H,2,8-10H2,1H3,(H,18,19,21). The molecule has 0 radical (unpaired) electrons. The summed E-state index contributed by atoms with van der Waals surface area (Å²) in [6.07, 6.45) is 0. The number of anilines is 1. The van der Waals surface area contributed by atoms with Crippen LogP contribution in [0.4, 0.5) is 5.95 Å². The lowest BCUT2D eigenvalue weighted by Crippen LogP contribution is -2.28. The third kappa shape index (κ3) is 3.58. The van der Waals surface area contributed by atoms with E-state index in [-0.39, 0.29) is 49.5 Å². The van der Waals surface area contributed by atoms with Gasteiger partial charge in [-0.25, -0.2) is 9.78 Å². The topological polar surface area (TPSA) is 99.5 Å². The molecule has 1 amide bonds. The second-order valence-corrected chi connectivity index (χ2v) is 5.40. The summed E-state index contributed by atoms with van der Waals surface area (Å²) in [7, 11) is 0. The highest BCUT2D eigenvalue weighted by Crippen LogP contribution is 2.15. The summed E-state index contributed by atoms with van der Waals surface area (Å²) < 4.78 is 11.7. The molecule has 8 nitrogen and oxygen atoms in total. The lowest BCUT2D eigenvalue weighted by molar-refractivity contribution is -0.115. The van der Waals surface area contributed by atoms with E-state index < -0.39 is 11.5 Å². The molecule has 1 aromatic carbocycles. The molecular weight excluding hydrogens is 326 g/mol. The summed E-state index contributed by atoms with van der Waals surface area (Å²) in [6, 6.07) is 9.44. The van der Waals surface area contributed by atoms with Crippen LogP contribution in [0.3, 0.4) is 0 Å². The summed E-state index contributed by atoms with van der Waals surface area (Å²) in [4.78, 5) is 40.3. The number of fused-ring (bicyclic) bond motifs is 1. The molecular formula is C17H17N3O5. The lowest BCUT2D eigenvalue weighted by atomic mass is 10.2. The van der Waals surface area contributed by atoms with Crippen LogP contribution in [-0.4, -0.2) is 28.0 Å². The van der Waals surface area contributed by atoms with Crippen molar-refractivity contribution in [2.24, 2.45) is 0 Å². The van der Waals surface area contributed by atoms with Gasteiger partial charge in [-0.15, -0.1) is 0 Å². The van der Waals surface area contributed by atoms with Crippen LogP contribution in [0.5, 0.6) is 0 Å². The van der Waals surface area contributed by atoms with Crippen molar-refractivity contribution < 1.29 is 19.1 Å². The Labute approximate surface area is 143 Å². The number of nitrogens with zero attached hydrogens (tertiary/aromatic N) is 2. The van der Waals surface area contributed by atoms with Crippen LogP contribution in [0.1, 0.15) is 28.5 Å². The van der Waals surface area contributed by atoms with Gasteiger partial charge in [0.2, 0.25) is 11.9 Å². The van der Waals surface area contributed by atoms with E-state index >= 15 is 0 Å². The molecule has 0 atom stereocenters. The number of benzene rings is 1. The highest BCUT2D eigenvalue weighted by molar-refractivity contribution is 5.94. The second-order valence-electron chi connectivity index (χ2n) is 5.40. The first-order valence-corrected chi connectivity index (χ1v) is 7.82. The zero-order valence-corrected chi connectivity index (χ0v) is 13.7. The van der Waals surface area contributed by atoms with Crippen LogP contribution in [-0.2, 0) is 34.0 Å². The van der Waals surface area contributed by atoms with E-state index in [1.54, 1.807) is 6.92 Å². The molecule has 8 heteroatoms. The van der Waals surface area contributed by atoms with Gasteiger partial charge >= 0.3 is 5.97 Å². The number of nitrogens with one attached hydrogen (secondary N) is 1. The molecule has 1 aliphatic rings. The summed E-state index contributed by atoms with van der Waals surface area (Å²) in [6.45, 7) is 1.85. The van der Waals surface area contributed by atoms with Crippen molar-refractivity contribution >= 4 is 17.8 Å². The number of amides is 1. The van der Waals surface area contributed by atoms with Gasteiger partial charge < -0.3 is 9.47 Å². The second kappa shape index (κ2) is 7.27. The zero-order chi connectivity index (χ0) is 17.8. The summed E-state index contributed by atoms with van der Waals surface area (Å²) in [5.41, 5.74) is 0.397. The highest BCUT2D eigenvalue weighted by atomic mass is 16.5. The van der Waals surface area contributed by atoms with Crippen molar-refractivity contribution in [3.05, 3.63) is 57.5 Å². The van der Waals surface area contributed by atoms with Gasteiger partial charge in [-0.05, 0) is 12.5 Å². The van der Waals surface area contributed by atoms with Crippen LogP contribution in [0.25, 0.3) is 0 Å². The normalized spacial score (nSPS) is 12.6. The van der Waals surface area contributed by atoms with Gasteiger partial charge in [0.15, 0.2) is 5.69 Å². The molecule has 0 bridgehead atoms. The van der Waals surface area contributed by atoms with Crippen molar-refractivity contribution in [2.45, 2.75) is 26.7 Å². The number of aromatic nitrogens is 2. The quantitative estimate of drug-likeness (QED) is 0.788. The third-order valence-electron chi connectivity index (χ3n) is 3.64. The van der Waals surface area contributed by atoms with Crippen molar-refractivity contribution in [3.8, 4) is 0 Å². The molecule has 2 heterocycles. The van der Waals surface area contributed by atoms with Gasteiger partial charge in [-0.2, -0.15) is 0 Å². The monoisotopic (exact) mass is 343 g/mol. The Bertz CT molecular complexity index is 861. The molecule has 0 fully saturated rings. The minimum atomic E-state index is -0.720. The Hall–Kier alpha value is -3.00.